The molecule has 6 nitrogen and oxygen atoms in total. The van der Waals surface area contributed by atoms with Crippen molar-refractivity contribution in [2.75, 3.05) is 46.2 Å². The number of hydrogen-bond donors (Lipinski definition) is 0. The molecule has 1 heterocycles. The minimum atomic E-state index is 0.194. The second-order valence-electron chi connectivity index (χ2n) is 13.0. The van der Waals surface area contributed by atoms with Crippen LogP contribution in [0.25, 0.3) is 44.0 Å². The highest BCUT2D eigenvalue weighted by Crippen LogP contribution is 2.37. The summed E-state index contributed by atoms with van der Waals surface area (Å²) in [7, 11) is 8.47. The second kappa shape index (κ2) is 11.8. The second-order valence-corrected chi connectivity index (χ2v) is 13.0. The molecule has 0 saturated heterocycles. The molecule has 0 spiro atoms. The molecule has 0 unspecified atom stereocenters. The van der Waals surface area contributed by atoms with Crippen LogP contribution in [0.5, 0.6) is 0 Å². The zero-order valence-electron chi connectivity index (χ0n) is 26.6. The van der Waals surface area contributed by atoms with E-state index in [0.29, 0.717) is 11.0 Å². The number of aromatic nitrogens is 2. The van der Waals surface area contributed by atoms with E-state index in [1.54, 1.807) is 0 Å². The third-order valence-corrected chi connectivity index (χ3v) is 8.37. The van der Waals surface area contributed by atoms with Gasteiger partial charge in [-0.1, -0.05) is 48.5 Å². The van der Waals surface area contributed by atoms with Crippen molar-refractivity contribution in [2.24, 2.45) is 0 Å². The van der Waals surface area contributed by atoms with Crippen LogP contribution < -0.4 is 4.90 Å². The average Bonchev–Trinajstić information content (AvgIpc) is 3.32. The van der Waals surface area contributed by atoms with Gasteiger partial charge in [0.2, 0.25) is 0 Å². The number of nitrogens with zero attached hydrogens (tertiary/aromatic N) is 5. The topological polar surface area (TPSA) is 41.4 Å². The van der Waals surface area contributed by atoms with E-state index in [4.69, 9.17) is 4.98 Å². The number of amides is 1. The molecule has 0 aliphatic rings. The fourth-order valence-electron chi connectivity index (χ4n) is 6.47. The summed E-state index contributed by atoms with van der Waals surface area (Å²) < 4.78 is 3.07. The van der Waals surface area contributed by atoms with Crippen LogP contribution in [0.3, 0.4) is 0 Å². The fourth-order valence-corrected chi connectivity index (χ4v) is 6.47. The standard InChI is InChI=1S/C36H46N5O/c1-25(2)40(26(3)4)33(42)24-41(7,8)23-13-22-39-35-32-17-12-10-15-30(32)29-14-9-11-16-31(29)34(35)37-36(39)27-18-20-28(21-19-27)38(5)6/h9-12,14-21,25-26H,13,22-24H2,1-8H3/q+1. The van der Waals surface area contributed by atoms with Crippen molar-refractivity contribution in [1.82, 2.24) is 14.5 Å². The predicted octanol–water partition coefficient (Wildman–Crippen LogP) is 7.19. The Balaban J connectivity index is 1.56. The first-order valence-corrected chi connectivity index (χ1v) is 15.2. The van der Waals surface area contributed by atoms with E-state index < -0.39 is 0 Å². The van der Waals surface area contributed by atoms with Crippen LogP contribution in [-0.4, -0.2) is 78.2 Å². The highest BCUT2D eigenvalue weighted by molar-refractivity contribution is 6.23. The Morgan fingerprint density at radius 2 is 1.36 bits per heavy atom. The van der Waals surface area contributed by atoms with Crippen molar-refractivity contribution >= 4 is 44.2 Å². The maximum atomic E-state index is 13.3. The Bertz CT molecular complexity index is 1700. The van der Waals surface area contributed by atoms with Gasteiger partial charge in [0.15, 0.2) is 6.54 Å². The molecule has 0 atom stereocenters. The minimum absolute atomic E-state index is 0.194. The molecule has 0 aliphatic heterocycles. The molecule has 6 heteroatoms. The first-order chi connectivity index (χ1) is 20.0. The summed E-state index contributed by atoms with van der Waals surface area (Å²) in [6.45, 7) is 10.6. The SMILES string of the molecule is CC(C)N(C(=O)C[N+](C)(C)CCCn1c(-c2ccc(N(C)C)cc2)nc2c3ccccc3c3ccccc3c21)C(C)C. The van der Waals surface area contributed by atoms with E-state index in [9.17, 15) is 4.79 Å². The van der Waals surface area contributed by atoms with E-state index in [1.165, 1.54) is 27.1 Å². The highest BCUT2D eigenvalue weighted by Gasteiger charge is 2.28. The number of rotatable bonds is 10. The Morgan fingerprint density at radius 1 is 0.810 bits per heavy atom. The van der Waals surface area contributed by atoms with Gasteiger partial charge >= 0.3 is 0 Å². The number of carbonyl (C=O) groups excluding carboxylic acids is 1. The molecule has 1 amide bonds. The molecular weight excluding hydrogens is 518 g/mol. The zero-order valence-corrected chi connectivity index (χ0v) is 26.6. The first kappa shape index (κ1) is 29.6. The van der Waals surface area contributed by atoms with Crippen molar-refractivity contribution in [1.29, 1.82) is 0 Å². The van der Waals surface area contributed by atoms with Crippen LogP contribution in [0.15, 0.2) is 72.8 Å². The van der Waals surface area contributed by atoms with Gasteiger partial charge in [-0.05, 0) is 62.7 Å². The van der Waals surface area contributed by atoms with E-state index in [2.05, 4.69) is 138 Å². The number of carbonyl (C=O) groups is 1. The minimum Gasteiger partial charge on any atom is -0.378 e. The molecule has 1 aromatic heterocycles. The quantitative estimate of drug-likeness (QED) is 0.133. The number of hydrogen-bond acceptors (Lipinski definition) is 3. The summed E-state index contributed by atoms with van der Waals surface area (Å²) >= 11 is 0. The number of likely N-dealkylation sites (N-methyl/N-ethyl adjacent to an activating group) is 1. The van der Waals surface area contributed by atoms with Gasteiger partial charge in [-0.25, -0.2) is 4.98 Å². The summed E-state index contributed by atoms with van der Waals surface area (Å²) in [5, 5.41) is 4.89. The Kier molecular flexibility index (Phi) is 8.29. The molecule has 42 heavy (non-hydrogen) atoms. The maximum absolute atomic E-state index is 13.3. The van der Waals surface area contributed by atoms with Crippen molar-refractivity contribution in [2.45, 2.75) is 52.7 Å². The lowest BCUT2D eigenvalue weighted by Gasteiger charge is -2.35. The normalized spacial score (nSPS) is 12.2. The van der Waals surface area contributed by atoms with E-state index in [-0.39, 0.29) is 18.0 Å². The lowest BCUT2D eigenvalue weighted by atomic mass is 10.00. The Labute approximate surface area is 250 Å². The lowest BCUT2D eigenvalue weighted by Crippen LogP contribution is -2.52. The number of imidazole rings is 1. The van der Waals surface area contributed by atoms with E-state index in [1.807, 2.05) is 4.90 Å². The van der Waals surface area contributed by atoms with Crippen LogP contribution in [0, 0.1) is 0 Å². The van der Waals surface area contributed by atoms with Gasteiger partial charge in [0.05, 0.1) is 31.7 Å². The van der Waals surface area contributed by atoms with Gasteiger partial charge in [-0.2, -0.15) is 0 Å². The summed E-state index contributed by atoms with van der Waals surface area (Å²) in [6, 6.07) is 26.4. The zero-order chi connectivity index (χ0) is 30.2. The van der Waals surface area contributed by atoms with Crippen molar-refractivity contribution in [3.05, 3.63) is 72.8 Å². The third-order valence-electron chi connectivity index (χ3n) is 8.37. The monoisotopic (exact) mass is 564 g/mol. The average molecular weight is 565 g/mol. The molecule has 5 rings (SSSR count). The van der Waals surface area contributed by atoms with E-state index in [0.717, 1.165) is 42.1 Å². The van der Waals surface area contributed by atoms with Gasteiger partial charge in [-0.15, -0.1) is 0 Å². The molecule has 0 fully saturated rings. The van der Waals surface area contributed by atoms with Crippen molar-refractivity contribution in [3.63, 3.8) is 0 Å². The number of aryl methyl sites for hydroxylation is 1. The van der Waals surface area contributed by atoms with E-state index >= 15 is 0 Å². The van der Waals surface area contributed by atoms with Crippen LogP contribution in [0.2, 0.25) is 0 Å². The maximum Gasteiger partial charge on any atom is 0.278 e. The van der Waals surface area contributed by atoms with Gasteiger partial charge in [-0.3, -0.25) is 4.79 Å². The molecule has 0 saturated carbocycles. The fraction of sp³-hybridized carbons (Fsp3) is 0.389. The van der Waals surface area contributed by atoms with Crippen molar-refractivity contribution < 1.29 is 9.28 Å². The van der Waals surface area contributed by atoms with Crippen molar-refractivity contribution in [3.8, 4) is 11.4 Å². The summed E-state index contributed by atoms with van der Waals surface area (Å²) in [5.74, 6) is 1.21. The smallest absolute Gasteiger partial charge is 0.278 e. The van der Waals surface area contributed by atoms with Gasteiger partial charge < -0.3 is 18.8 Å². The third kappa shape index (κ3) is 5.73. The Hall–Kier alpha value is -3.90. The summed E-state index contributed by atoms with van der Waals surface area (Å²) in [5.41, 5.74) is 4.50. The number of fused-ring (bicyclic) bond motifs is 6. The molecule has 0 aliphatic carbocycles. The lowest BCUT2D eigenvalue weighted by molar-refractivity contribution is -0.883. The van der Waals surface area contributed by atoms with Crippen LogP contribution in [0.4, 0.5) is 5.69 Å². The number of anilines is 1. The Morgan fingerprint density at radius 3 is 1.93 bits per heavy atom. The molecule has 220 valence electrons. The number of benzene rings is 4. The van der Waals surface area contributed by atoms with Gasteiger partial charge in [0, 0.05) is 61.2 Å². The van der Waals surface area contributed by atoms with Crippen LogP contribution >= 0.6 is 0 Å². The summed E-state index contributed by atoms with van der Waals surface area (Å²) in [6.07, 6.45) is 0.930. The molecule has 0 bridgehead atoms. The van der Waals surface area contributed by atoms with Gasteiger partial charge in [0.25, 0.3) is 5.91 Å². The molecule has 0 radical (unpaired) electrons. The predicted molar refractivity (Wildman–Crippen MR) is 178 cm³/mol. The largest absolute Gasteiger partial charge is 0.378 e. The molecule has 5 aromatic rings. The molecular formula is C36H46N5O+. The molecule has 0 N–H and O–H groups in total. The van der Waals surface area contributed by atoms with Crippen LogP contribution in [0.1, 0.15) is 34.1 Å². The molecule has 4 aromatic carbocycles. The first-order valence-electron chi connectivity index (χ1n) is 15.2. The van der Waals surface area contributed by atoms with Crippen LogP contribution in [-0.2, 0) is 11.3 Å². The van der Waals surface area contributed by atoms with Gasteiger partial charge in [0.1, 0.15) is 5.82 Å². The number of quaternary nitrogens is 1. The highest BCUT2D eigenvalue weighted by atomic mass is 16.2. The summed E-state index contributed by atoms with van der Waals surface area (Å²) in [4.78, 5) is 22.8.